The molecule has 0 atom stereocenters. The standard InChI is InChI=1S/C14H15N5/c1-2-15-9-11-10-19(18-17-11)14-7-3-6-13-12(14)5-4-8-16-13/h3-8,10,15H,2,9H2,1H3. The van der Waals surface area contributed by atoms with Crippen LogP contribution in [-0.4, -0.2) is 26.5 Å². The van der Waals surface area contributed by atoms with Gasteiger partial charge in [-0.15, -0.1) is 5.10 Å². The molecule has 0 radical (unpaired) electrons. The van der Waals surface area contributed by atoms with Crippen molar-refractivity contribution < 1.29 is 0 Å². The van der Waals surface area contributed by atoms with Gasteiger partial charge in [0.1, 0.15) is 0 Å². The van der Waals surface area contributed by atoms with Crippen LogP contribution in [0.25, 0.3) is 16.6 Å². The second-order valence-electron chi connectivity index (χ2n) is 4.28. The quantitative estimate of drug-likeness (QED) is 0.772. The number of nitrogens with zero attached hydrogens (tertiary/aromatic N) is 4. The molecule has 19 heavy (non-hydrogen) atoms. The highest BCUT2D eigenvalue weighted by molar-refractivity contribution is 5.86. The van der Waals surface area contributed by atoms with Crippen LogP contribution in [0.15, 0.2) is 42.7 Å². The maximum atomic E-state index is 4.35. The maximum absolute atomic E-state index is 4.35. The van der Waals surface area contributed by atoms with Gasteiger partial charge in [0.15, 0.2) is 0 Å². The topological polar surface area (TPSA) is 55.6 Å². The number of nitrogens with one attached hydrogen (secondary N) is 1. The van der Waals surface area contributed by atoms with Crippen LogP contribution in [0.2, 0.25) is 0 Å². The summed E-state index contributed by atoms with van der Waals surface area (Å²) in [6, 6.07) is 9.98. The molecule has 0 saturated carbocycles. The number of fused-ring (bicyclic) bond motifs is 1. The summed E-state index contributed by atoms with van der Waals surface area (Å²) in [4.78, 5) is 4.35. The molecule has 0 fully saturated rings. The Hall–Kier alpha value is -2.27. The summed E-state index contributed by atoms with van der Waals surface area (Å²) in [7, 11) is 0. The van der Waals surface area contributed by atoms with Crippen LogP contribution < -0.4 is 5.32 Å². The van der Waals surface area contributed by atoms with E-state index in [0.717, 1.165) is 35.4 Å². The summed E-state index contributed by atoms with van der Waals surface area (Å²) in [5.41, 5.74) is 2.90. The zero-order valence-corrected chi connectivity index (χ0v) is 10.7. The number of hydrogen-bond acceptors (Lipinski definition) is 4. The van der Waals surface area contributed by atoms with Crippen LogP contribution in [0, 0.1) is 0 Å². The van der Waals surface area contributed by atoms with E-state index in [1.807, 2.05) is 36.5 Å². The van der Waals surface area contributed by atoms with Crippen molar-refractivity contribution in [2.24, 2.45) is 0 Å². The molecule has 3 rings (SSSR count). The first-order chi connectivity index (χ1) is 9.38. The average Bonchev–Trinajstić information content (AvgIpc) is 2.93. The summed E-state index contributed by atoms with van der Waals surface area (Å²) >= 11 is 0. The van der Waals surface area contributed by atoms with Crippen molar-refractivity contribution in [2.45, 2.75) is 13.5 Å². The zero-order chi connectivity index (χ0) is 13.1. The molecule has 5 heteroatoms. The van der Waals surface area contributed by atoms with E-state index in [1.54, 1.807) is 10.9 Å². The molecule has 0 unspecified atom stereocenters. The van der Waals surface area contributed by atoms with E-state index in [4.69, 9.17) is 0 Å². The number of rotatable bonds is 4. The van der Waals surface area contributed by atoms with Gasteiger partial charge in [-0.3, -0.25) is 4.98 Å². The van der Waals surface area contributed by atoms with Gasteiger partial charge in [-0.25, -0.2) is 4.68 Å². The van der Waals surface area contributed by atoms with Crippen LogP contribution in [0.4, 0.5) is 0 Å². The Morgan fingerprint density at radius 3 is 3.05 bits per heavy atom. The molecule has 0 aliphatic heterocycles. The second kappa shape index (κ2) is 5.16. The first-order valence-electron chi connectivity index (χ1n) is 6.34. The fraction of sp³-hybridized carbons (Fsp3) is 0.214. The summed E-state index contributed by atoms with van der Waals surface area (Å²) in [5.74, 6) is 0. The Bertz CT molecular complexity index is 684. The van der Waals surface area contributed by atoms with Crippen LogP contribution in [0.3, 0.4) is 0 Å². The van der Waals surface area contributed by atoms with Gasteiger partial charge in [-0.05, 0) is 30.8 Å². The van der Waals surface area contributed by atoms with Crippen molar-refractivity contribution in [1.82, 2.24) is 25.3 Å². The van der Waals surface area contributed by atoms with Gasteiger partial charge >= 0.3 is 0 Å². The Labute approximate surface area is 111 Å². The summed E-state index contributed by atoms with van der Waals surface area (Å²) in [5, 5.41) is 12.7. The Balaban J connectivity index is 2.02. The predicted octanol–water partition coefficient (Wildman–Crippen LogP) is 1.92. The first kappa shape index (κ1) is 11.8. The molecule has 1 aromatic carbocycles. The van der Waals surface area contributed by atoms with E-state index >= 15 is 0 Å². The molecule has 0 aliphatic carbocycles. The van der Waals surface area contributed by atoms with Crippen molar-refractivity contribution in [3.8, 4) is 5.69 Å². The van der Waals surface area contributed by atoms with E-state index in [9.17, 15) is 0 Å². The van der Waals surface area contributed by atoms with Gasteiger partial charge in [0.05, 0.1) is 23.1 Å². The van der Waals surface area contributed by atoms with Gasteiger partial charge in [0.25, 0.3) is 0 Å². The molecule has 3 aromatic rings. The largest absolute Gasteiger partial charge is 0.311 e. The highest BCUT2D eigenvalue weighted by atomic mass is 15.4. The summed E-state index contributed by atoms with van der Waals surface area (Å²) in [6.07, 6.45) is 3.74. The van der Waals surface area contributed by atoms with E-state index < -0.39 is 0 Å². The molecule has 1 N–H and O–H groups in total. The van der Waals surface area contributed by atoms with Gasteiger partial charge in [0, 0.05) is 18.1 Å². The third kappa shape index (κ3) is 2.32. The smallest absolute Gasteiger partial charge is 0.0969 e. The van der Waals surface area contributed by atoms with E-state index in [0.29, 0.717) is 0 Å². The maximum Gasteiger partial charge on any atom is 0.0969 e. The normalized spacial score (nSPS) is 11.0. The second-order valence-corrected chi connectivity index (χ2v) is 4.28. The Morgan fingerprint density at radius 2 is 2.16 bits per heavy atom. The number of aromatic nitrogens is 4. The lowest BCUT2D eigenvalue weighted by atomic mass is 10.2. The fourth-order valence-electron chi connectivity index (χ4n) is 2.04. The molecule has 5 nitrogen and oxygen atoms in total. The van der Waals surface area contributed by atoms with Crippen LogP contribution >= 0.6 is 0 Å². The number of hydrogen-bond donors (Lipinski definition) is 1. The third-order valence-corrected chi connectivity index (χ3v) is 2.97. The lowest BCUT2D eigenvalue weighted by Crippen LogP contribution is -2.11. The molecular formula is C14H15N5. The summed E-state index contributed by atoms with van der Waals surface area (Å²) < 4.78 is 1.80. The zero-order valence-electron chi connectivity index (χ0n) is 10.7. The Kier molecular flexibility index (Phi) is 3.20. The molecule has 0 bridgehead atoms. The van der Waals surface area contributed by atoms with Gasteiger partial charge < -0.3 is 5.32 Å². The lowest BCUT2D eigenvalue weighted by Gasteiger charge is -2.04. The number of benzene rings is 1. The van der Waals surface area contributed by atoms with Gasteiger partial charge in [0.2, 0.25) is 0 Å². The van der Waals surface area contributed by atoms with E-state index in [2.05, 4.69) is 27.5 Å². The first-order valence-corrected chi connectivity index (χ1v) is 6.34. The molecule has 0 spiro atoms. The minimum absolute atomic E-state index is 0.736. The van der Waals surface area contributed by atoms with Crippen molar-refractivity contribution >= 4 is 10.9 Å². The highest BCUT2D eigenvalue weighted by Gasteiger charge is 2.06. The average molecular weight is 253 g/mol. The van der Waals surface area contributed by atoms with Crippen molar-refractivity contribution in [1.29, 1.82) is 0 Å². The van der Waals surface area contributed by atoms with Gasteiger partial charge in [-0.1, -0.05) is 18.2 Å². The third-order valence-electron chi connectivity index (χ3n) is 2.97. The molecule has 0 aliphatic rings. The summed E-state index contributed by atoms with van der Waals surface area (Å²) in [6.45, 7) is 3.73. The van der Waals surface area contributed by atoms with Crippen LogP contribution in [0.1, 0.15) is 12.6 Å². The van der Waals surface area contributed by atoms with Crippen molar-refractivity contribution in [2.75, 3.05) is 6.54 Å². The minimum atomic E-state index is 0.736. The fourth-order valence-corrected chi connectivity index (χ4v) is 2.04. The minimum Gasteiger partial charge on any atom is -0.311 e. The Morgan fingerprint density at radius 1 is 1.21 bits per heavy atom. The van der Waals surface area contributed by atoms with Gasteiger partial charge in [-0.2, -0.15) is 0 Å². The lowest BCUT2D eigenvalue weighted by molar-refractivity contribution is 0.705. The highest BCUT2D eigenvalue weighted by Crippen LogP contribution is 2.19. The SMILES string of the molecule is CCNCc1cn(-c2cccc3ncccc23)nn1. The predicted molar refractivity (Wildman–Crippen MR) is 74.0 cm³/mol. The molecular weight excluding hydrogens is 238 g/mol. The van der Waals surface area contributed by atoms with E-state index in [1.165, 1.54) is 0 Å². The molecule has 96 valence electrons. The molecule has 2 heterocycles. The molecule has 0 saturated heterocycles. The van der Waals surface area contributed by atoms with Crippen molar-refractivity contribution in [3.63, 3.8) is 0 Å². The van der Waals surface area contributed by atoms with E-state index in [-0.39, 0.29) is 0 Å². The monoisotopic (exact) mass is 253 g/mol. The van der Waals surface area contributed by atoms with Crippen LogP contribution in [0.5, 0.6) is 0 Å². The molecule has 0 amide bonds. The van der Waals surface area contributed by atoms with Crippen molar-refractivity contribution in [3.05, 3.63) is 48.4 Å². The number of pyridine rings is 1. The van der Waals surface area contributed by atoms with Crippen LogP contribution in [-0.2, 0) is 6.54 Å². The molecule has 2 aromatic heterocycles.